The van der Waals surface area contributed by atoms with Crippen molar-refractivity contribution in [2.24, 2.45) is 0 Å². The maximum atomic E-state index is 13.5. The number of anilines is 2. The van der Waals surface area contributed by atoms with Gasteiger partial charge in [0.2, 0.25) is 5.91 Å². The van der Waals surface area contributed by atoms with Gasteiger partial charge in [-0.15, -0.1) is 0 Å². The van der Waals surface area contributed by atoms with Crippen LogP contribution in [0.4, 0.5) is 11.4 Å². The van der Waals surface area contributed by atoms with Crippen LogP contribution in [0.1, 0.15) is 11.1 Å². The number of aryl methyl sites for hydroxylation is 1. The normalized spacial score (nSPS) is 16.8. The van der Waals surface area contributed by atoms with Gasteiger partial charge in [-0.25, -0.2) is 0 Å². The van der Waals surface area contributed by atoms with Gasteiger partial charge < -0.3 is 5.32 Å². The zero-order valence-corrected chi connectivity index (χ0v) is 20.4. The Labute approximate surface area is 212 Å². The zero-order chi connectivity index (χ0) is 24.2. The first-order valence-electron chi connectivity index (χ1n) is 10.4. The summed E-state index contributed by atoms with van der Waals surface area (Å²) in [6.45, 7) is 2.00. The van der Waals surface area contributed by atoms with Crippen LogP contribution in [0.3, 0.4) is 0 Å². The van der Waals surface area contributed by atoms with E-state index in [1.807, 2.05) is 43.3 Å². The van der Waals surface area contributed by atoms with Gasteiger partial charge in [0.15, 0.2) is 0 Å². The molecule has 3 aromatic carbocycles. The van der Waals surface area contributed by atoms with Crippen molar-refractivity contribution in [3.05, 3.63) is 105 Å². The van der Waals surface area contributed by atoms with Crippen LogP contribution < -0.4 is 10.2 Å². The predicted octanol–water partition coefficient (Wildman–Crippen LogP) is 6.37. The first-order valence-corrected chi connectivity index (χ1v) is 12.0. The van der Waals surface area contributed by atoms with E-state index in [9.17, 15) is 14.9 Å². The molecule has 1 aliphatic heterocycles. The Kier molecular flexibility index (Phi) is 7.28. The summed E-state index contributed by atoms with van der Waals surface area (Å²) in [7, 11) is 0. The lowest BCUT2D eigenvalue weighted by atomic mass is 10.1. The average molecular weight is 508 g/mol. The number of halogens is 2. The van der Waals surface area contributed by atoms with Gasteiger partial charge in [-0.2, -0.15) is 5.26 Å². The van der Waals surface area contributed by atoms with Crippen LogP contribution in [0, 0.1) is 18.3 Å². The number of nitrogens with zero attached hydrogens (tertiary/aromatic N) is 2. The Morgan fingerprint density at radius 1 is 1.09 bits per heavy atom. The average Bonchev–Trinajstić information content (AvgIpc) is 3.13. The van der Waals surface area contributed by atoms with E-state index in [0.717, 1.165) is 11.1 Å². The molecule has 0 radical (unpaired) electrons. The molecule has 5 nitrogen and oxygen atoms in total. The Morgan fingerprint density at radius 3 is 2.44 bits per heavy atom. The summed E-state index contributed by atoms with van der Waals surface area (Å²) in [6, 6.07) is 23.6. The van der Waals surface area contributed by atoms with Gasteiger partial charge in [0, 0.05) is 10.7 Å². The third-order valence-electron chi connectivity index (χ3n) is 5.24. The molecule has 4 rings (SSSR count). The van der Waals surface area contributed by atoms with Gasteiger partial charge >= 0.3 is 0 Å². The van der Waals surface area contributed by atoms with Crippen molar-refractivity contribution < 1.29 is 9.59 Å². The second-order valence-electron chi connectivity index (χ2n) is 7.68. The standard InChI is InChI=1S/C26H19Cl2N3O2S/c1-16-7-9-17(10-8-16)13-23-25(33)31(19-5-3-2-4-6-19)26(34-23)20(15-29)24(32)30-22-12-11-18(27)14-21(22)28/h2-12,14,23H,13H2,1H3,(H,30,32)/b26-20-/t23-/m1/s1. The highest BCUT2D eigenvalue weighted by molar-refractivity contribution is 8.05. The molecular formula is C26H19Cl2N3O2S. The molecule has 0 bridgehead atoms. The Hall–Kier alpha value is -3.24. The van der Waals surface area contributed by atoms with Crippen molar-refractivity contribution >= 4 is 58.2 Å². The van der Waals surface area contributed by atoms with Gasteiger partial charge in [-0.1, -0.05) is 83.0 Å². The number of nitriles is 1. The van der Waals surface area contributed by atoms with Crippen LogP contribution in [-0.4, -0.2) is 17.1 Å². The van der Waals surface area contributed by atoms with Crippen molar-refractivity contribution in [3.8, 4) is 6.07 Å². The fraction of sp³-hybridized carbons (Fsp3) is 0.115. The largest absolute Gasteiger partial charge is 0.320 e. The summed E-state index contributed by atoms with van der Waals surface area (Å²) in [5.41, 5.74) is 2.87. The topological polar surface area (TPSA) is 73.2 Å². The highest BCUT2D eigenvalue weighted by Gasteiger charge is 2.40. The van der Waals surface area contributed by atoms with Gasteiger partial charge in [-0.3, -0.25) is 14.5 Å². The fourth-order valence-electron chi connectivity index (χ4n) is 3.51. The van der Waals surface area contributed by atoms with Crippen molar-refractivity contribution in [3.63, 3.8) is 0 Å². The number of hydrogen-bond donors (Lipinski definition) is 1. The van der Waals surface area contributed by atoms with Crippen LogP contribution >= 0.6 is 35.0 Å². The van der Waals surface area contributed by atoms with E-state index < -0.39 is 11.2 Å². The molecule has 1 saturated heterocycles. The number of thioether (sulfide) groups is 1. The number of para-hydroxylation sites is 1. The van der Waals surface area contributed by atoms with Crippen LogP contribution in [0.2, 0.25) is 10.0 Å². The monoisotopic (exact) mass is 507 g/mol. The zero-order valence-electron chi connectivity index (χ0n) is 18.1. The Morgan fingerprint density at radius 2 is 1.79 bits per heavy atom. The summed E-state index contributed by atoms with van der Waals surface area (Å²) < 4.78 is 0. The number of carbonyl (C=O) groups excluding carboxylic acids is 2. The molecule has 1 fully saturated rings. The number of hydrogen-bond acceptors (Lipinski definition) is 4. The van der Waals surface area contributed by atoms with Gasteiger partial charge in [-0.05, 0) is 49.2 Å². The molecule has 0 saturated carbocycles. The van der Waals surface area contributed by atoms with E-state index >= 15 is 0 Å². The van der Waals surface area contributed by atoms with E-state index in [-0.39, 0.29) is 16.5 Å². The van der Waals surface area contributed by atoms with Gasteiger partial charge in [0.05, 0.1) is 16.0 Å². The summed E-state index contributed by atoms with van der Waals surface area (Å²) in [4.78, 5) is 28.0. The van der Waals surface area contributed by atoms with E-state index in [0.29, 0.717) is 27.8 Å². The third-order valence-corrected chi connectivity index (χ3v) is 7.05. The molecule has 1 aliphatic rings. The summed E-state index contributed by atoms with van der Waals surface area (Å²) in [6.07, 6.45) is 0.472. The lowest BCUT2D eigenvalue weighted by Crippen LogP contribution is -2.30. The van der Waals surface area contributed by atoms with Gasteiger partial charge in [0.25, 0.3) is 5.91 Å². The lowest BCUT2D eigenvalue weighted by Gasteiger charge is -2.18. The quantitative estimate of drug-likeness (QED) is 0.321. The smallest absolute Gasteiger partial charge is 0.269 e. The molecule has 0 unspecified atom stereocenters. The molecule has 8 heteroatoms. The predicted molar refractivity (Wildman–Crippen MR) is 138 cm³/mol. The fourth-order valence-corrected chi connectivity index (χ4v) is 5.28. The molecule has 1 N–H and O–H groups in total. The second-order valence-corrected chi connectivity index (χ2v) is 9.71. The number of carbonyl (C=O) groups is 2. The molecular weight excluding hydrogens is 489 g/mol. The van der Waals surface area contributed by atoms with E-state index in [1.165, 1.54) is 22.7 Å². The molecule has 0 spiro atoms. The van der Waals surface area contributed by atoms with Gasteiger partial charge in [0.1, 0.15) is 16.7 Å². The summed E-state index contributed by atoms with van der Waals surface area (Å²) in [5, 5.41) is 13.1. The van der Waals surface area contributed by atoms with Crippen LogP contribution in [0.15, 0.2) is 83.4 Å². The van der Waals surface area contributed by atoms with E-state index in [4.69, 9.17) is 23.2 Å². The SMILES string of the molecule is Cc1ccc(C[C@H]2S/C(=C(/C#N)C(=O)Nc3ccc(Cl)cc3Cl)N(c3ccccc3)C2=O)cc1. The van der Waals surface area contributed by atoms with Crippen molar-refractivity contribution in [1.82, 2.24) is 0 Å². The first kappa shape index (κ1) is 23.9. The molecule has 2 amide bonds. The molecule has 170 valence electrons. The maximum absolute atomic E-state index is 13.5. The molecule has 0 aliphatic carbocycles. The summed E-state index contributed by atoms with van der Waals surface area (Å²) >= 11 is 13.3. The second kappa shape index (κ2) is 10.4. The third kappa shape index (κ3) is 5.13. The number of nitrogens with one attached hydrogen (secondary N) is 1. The lowest BCUT2D eigenvalue weighted by molar-refractivity contribution is -0.117. The minimum absolute atomic E-state index is 0.167. The minimum atomic E-state index is -0.654. The molecule has 1 atom stereocenters. The maximum Gasteiger partial charge on any atom is 0.269 e. The van der Waals surface area contributed by atoms with Crippen molar-refractivity contribution in [2.45, 2.75) is 18.6 Å². The Bertz CT molecular complexity index is 1320. The first-order chi connectivity index (χ1) is 16.4. The van der Waals surface area contributed by atoms with E-state index in [2.05, 4.69) is 5.32 Å². The molecule has 1 heterocycles. The number of benzene rings is 3. The van der Waals surface area contributed by atoms with Crippen molar-refractivity contribution in [1.29, 1.82) is 5.26 Å². The summed E-state index contributed by atoms with van der Waals surface area (Å²) in [5.74, 6) is -0.837. The molecule has 0 aromatic heterocycles. The van der Waals surface area contributed by atoms with Crippen LogP contribution in [-0.2, 0) is 16.0 Å². The minimum Gasteiger partial charge on any atom is -0.320 e. The number of amides is 2. The molecule has 3 aromatic rings. The molecule has 34 heavy (non-hydrogen) atoms. The Balaban J connectivity index is 1.71. The van der Waals surface area contributed by atoms with Crippen LogP contribution in [0.25, 0.3) is 0 Å². The highest BCUT2D eigenvalue weighted by atomic mass is 35.5. The number of rotatable bonds is 5. The van der Waals surface area contributed by atoms with Crippen molar-refractivity contribution in [2.75, 3.05) is 10.2 Å². The van der Waals surface area contributed by atoms with E-state index in [1.54, 1.807) is 36.4 Å². The highest BCUT2D eigenvalue weighted by Crippen LogP contribution is 2.42. The van der Waals surface area contributed by atoms with Crippen LogP contribution in [0.5, 0.6) is 0 Å².